The average Bonchev–Trinajstić information content (AvgIpc) is 3.04. The average molecular weight is 386 g/mol. The van der Waals surface area contributed by atoms with E-state index in [9.17, 15) is 14.9 Å². The number of rotatable bonds is 4. The Kier molecular flexibility index (Phi) is 4.45. The van der Waals surface area contributed by atoms with Crippen molar-refractivity contribution in [3.05, 3.63) is 68.9 Å². The summed E-state index contributed by atoms with van der Waals surface area (Å²) < 4.78 is 5.43. The summed E-state index contributed by atoms with van der Waals surface area (Å²) in [5.74, 6) is -0.183. The summed E-state index contributed by atoms with van der Waals surface area (Å²) in [6, 6.07) is 12.1. The zero-order valence-corrected chi connectivity index (χ0v) is 15.0. The summed E-state index contributed by atoms with van der Waals surface area (Å²) in [6.45, 7) is 0.801. The summed E-state index contributed by atoms with van der Waals surface area (Å²) in [6.07, 6.45) is 0.733. The number of nitrogens with zero attached hydrogens (tertiary/aromatic N) is 2. The predicted octanol–water partition coefficient (Wildman–Crippen LogP) is 3.69. The van der Waals surface area contributed by atoms with Gasteiger partial charge >= 0.3 is 5.69 Å². The molecule has 2 heterocycles. The minimum atomic E-state index is -0.579. The number of aromatic amines is 1. The van der Waals surface area contributed by atoms with E-state index in [-0.39, 0.29) is 29.0 Å². The van der Waals surface area contributed by atoms with Crippen molar-refractivity contribution in [2.75, 3.05) is 13.2 Å². The first kappa shape index (κ1) is 17.4. The number of benzene rings is 2. The van der Waals surface area contributed by atoms with Gasteiger partial charge in [-0.05, 0) is 18.2 Å². The van der Waals surface area contributed by atoms with E-state index in [4.69, 9.17) is 16.3 Å². The molecule has 1 aromatic heterocycles. The molecule has 0 aliphatic carbocycles. The molecule has 7 nitrogen and oxygen atoms in total. The molecule has 1 amide bonds. The smallest absolute Gasteiger partial charge is 0.312 e. The third-order valence-electron chi connectivity index (χ3n) is 4.70. The second-order valence-corrected chi connectivity index (χ2v) is 6.79. The number of nitrogens with one attached hydrogen (secondary N) is 1. The van der Waals surface area contributed by atoms with Gasteiger partial charge in [0.1, 0.15) is 0 Å². The van der Waals surface area contributed by atoms with Gasteiger partial charge in [-0.15, -0.1) is 0 Å². The van der Waals surface area contributed by atoms with Crippen LogP contribution in [0.5, 0.6) is 5.75 Å². The molecular formula is C19H16ClN3O4. The van der Waals surface area contributed by atoms with Gasteiger partial charge in [-0.3, -0.25) is 14.9 Å². The molecule has 0 saturated carbocycles. The van der Waals surface area contributed by atoms with Crippen LogP contribution in [-0.2, 0) is 17.8 Å². The summed E-state index contributed by atoms with van der Waals surface area (Å²) in [5, 5.41) is 12.5. The summed E-state index contributed by atoms with van der Waals surface area (Å²) >= 11 is 5.79. The first-order valence-electron chi connectivity index (χ1n) is 8.46. The lowest BCUT2D eigenvalue weighted by Gasteiger charge is -2.27. The molecule has 0 radical (unpaired) electrons. The van der Waals surface area contributed by atoms with Crippen LogP contribution in [0.3, 0.4) is 0 Å². The molecule has 1 aliphatic heterocycles. The van der Waals surface area contributed by atoms with E-state index >= 15 is 0 Å². The Morgan fingerprint density at radius 3 is 2.93 bits per heavy atom. The summed E-state index contributed by atoms with van der Waals surface area (Å²) in [5.41, 5.74) is 3.06. The molecule has 0 atom stereocenters. The molecule has 8 heteroatoms. The maximum atomic E-state index is 12.6. The van der Waals surface area contributed by atoms with Gasteiger partial charge in [0.05, 0.1) is 4.92 Å². The number of nitro groups is 1. The molecule has 0 fully saturated rings. The second-order valence-electron chi connectivity index (χ2n) is 6.35. The van der Waals surface area contributed by atoms with E-state index in [0.717, 1.165) is 28.6 Å². The first-order chi connectivity index (χ1) is 13.0. The fraction of sp³-hybridized carbons (Fsp3) is 0.211. The normalized spacial score (nSPS) is 13.4. The Balaban J connectivity index is 1.48. The number of amides is 1. The van der Waals surface area contributed by atoms with E-state index in [2.05, 4.69) is 4.98 Å². The summed E-state index contributed by atoms with van der Waals surface area (Å²) in [7, 11) is 0. The Hall–Kier alpha value is -3.06. The largest absolute Gasteiger partial charge is 0.477 e. The van der Waals surface area contributed by atoms with Crippen molar-refractivity contribution in [3.8, 4) is 5.75 Å². The lowest BCUT2D eigenvalue weighted by atomic mass is 10.0. The van der Waals surface area contributed by atoms with Gasteiger partial charge in [-0.1, -0.05) is 29.8 Å². The number of H-pyrrole nitrogens is 1. The molecule has 3 aromatic rings. The molecule has 0 unspecified atom stereocenters. The van der Waals surface area contributed by atoms with Crippen LogP contribution in [0.1, 0.15) is 11.3 Å². The molecule has 0 spiro atoms. The number of hydrogen-bond acceptors (Lipinski definition) is 4. The lowest BCUT2D eigenvalue weighted by molar-refractivity contribution is -0.385. The van der Waals surface area contributed by atoms with Crippen molar-refractivity contribution >= 4 is 34.1 Å². The van der Waals surface area contributed by atoms with Crippen molar-refractivity contribution in [1.29, 1.82) is 0 Å². The van der Waals surface area contributed by atoms with E-state index in [1.165, 1.54) is 18.2 Å². The van der Waals surface area contributed by atoms with E-state index in [1.54, 1.807) is 4.90 Å². The van der Waals surface area contributed by atoms with Crippen LogP contribution in [0, 0.1) is 10.1 Å². The predicted molar refractivity (Wildman–Crippen MR) is 101 cm³/mol. The maximum Gasteiger partial charge on any atom is 0.312 e. The molecule has 1 aliphatic rings. The van der Waals surface area contributed by atoms with Gasteiger partial charge < -0.3 is 14.6 Å². The number of ether oxygens (including phenoxy) is 1. The lowest BCUT2D eigenvalue weighted by Crippen LogP contribution is -2.38. The van der Waals surface area contributed by atoms with Gasteiger partial charge in [0.15, 0.2) is 12.4 Å². The highest BCUT2D eigenvalue weighted by molar-refractivity contribution is 6.30. The van der Waals surface area contributed by atoms with E-state index in [0.29, 0.717) is 13.1 Å². The fourth-order valence-corrected chi connectivity index (χ4v) is 3.53. The van der Waals surface area contributed by atoms with Gasteiger partial charge in [0.25, 0.3) is 5.91 Å². The molecule has 27 heavy (non-hydrogen) atoms. The molecule has 4 rings (SSSR count). The number of para-hydroxylation sites is 1. The van der Waals surface area contributed by atoms with E-state index in [1.807, 2.05) is 24.3 Å². The van der Waals surface area contributed by atoms with Crippen molar-refractivity contribution in [3.63, 3.8) is 0 Å². The zero-order chi connectivity index (χ0) is 19.0. The standard InChI is InChI=1S/C19H16ClN3O4/c20-12-5-6-18(17(9-12)23(25)26)27-11-19(24)22-8-7-16-14(10-22)13-3-1-2-4-15(13)21-16/h1-6,9,21H,7-8,10-11H2. The Morgan fingerprint density at radius 1 is 1.30 bits per heavy atom. The van der Waals surface area contributed by atoms with Crippen molar-refractivity contribution in [1.82, 2.24) is 9.88 Å². The molecule has 0 bridgehead atoms. The van der Waals surface area contributed by atoms with Crippen LogP contribution in [0.2, 0.25) is 5.02 Å². The van der Waals surface area contributed by atoms with E-state index < -0.39 is 4.92 Å². The Labute approximate surface area is 159 Å². The number of carbonyl (C=O) groups excluding carboxylic acids is 1. The fourth-order valence-electron chi connectivity index (χ4n) is 3.37. The first-order valence-corrected chi connectivity index (χ1v) is 8.83. The number of halogens is 1. The van der Waals surface area contributed by atoms with Crippen LogP contribution < -0.4 is 4.74 Å². The van der Waals surface area contributed by atoms with Crippen molar-refractivity contribution < 1.29 is 14.5 Å². The minimum absolute atomic E-state index is 0.0301. The molecule has 2 aromatic carbocycles. The number of nitro benzene ring substituents is 1. The van der Waals surface area contributed by atoms with Gasteiger partial charge in [-0.25, -0.2) is 0 Å². The SMILES string of the molecule is O=C(COc1ccc(Cl)cc1[N+](=O)[O-])N1CCc2[nH]c3ccccc3c2C1. The van der Waals surface area contributed by atoms with Crippen LogP contribution >= 0.6 is 11.6 Å². The zero-order valence-electron chi connectivity index (χ0n) is 14.3. The maximum absolute atomic E-state index is 12.6. The van der Waals surface area contributed by atoms with Crippen molar-refractivity contribution in [2.45, 2.75) is 13.0 Å². The van der Waals surface area contributed by atoms with Gasteiger partial charge in [-0.2, -0.15) is 0 Å². The van der Waals surface area contributed by atoms with Crippen molar-refractivity contribution in [2.24, 2.45) is 0 Å². The highest BCUT2D eigenvalue weighted by atomic mass is 35.5. The molecule has 0 saturated heterocycles. The number of fused-ring (bicyclic) bond motifs is 3. The summed E-state index contributed by atoms with van der Waals surface area (Å²) in [4.78, 5) is 28.2. The van der Waals surface area contributed by atoms with Crippen LogP contribution in [0.25, 0.3) is 10.9 Å². The highest BCUT2D eigenvalue weighted by Gasteiger charge is 2.25. The minimum Gasteiger partial charge on any atom is -0.477 e. The second kappa shape index (κ2) is 6.92. The quantitative estimate of drug-likeness (QED) is 0.548. The number of hydrogen-bond donors (Lipinski definition) is 1. The third kappa shape index (κ3) is 3.33. The van der Waals surface area contributed by atoms with Crippen LogP contribution in [0.4, 0.5) is 5.69 Å². The number of carbonyl (C=O) groups is 1. The molecule has 138 valence electrons. The topological polar surface area (TPSA) is 88.5 Å². The third-order valence-corrected chi connectivity index (χ3v) is 4.94. The Bertz CT molecular complexity index is 1050. The highest BCUT2D eigenvalue weighted by Crippen LogP contribution is 2.30. The Morgan fingerprint density at radius 2 is 2.11 bits per heavy atom. The van der Waals surface area contributed by atoms with Gasteiger partial charge in [0.2, 0.25) is 0 Å². The monoisotopic (exact) mass is 385 g/mol. The molecule has 1 N–H and O–H groups in total. The molecular weight excluding hydrogens is 370 g/mol. The van der Waals surface area contributed by atoms with Crippen LogP contribution in [0.15, 0.2) is 42.5 Å². The van der Waals surface area contributed by atoms with Gasteiger partial charge in [0, 0.05) is 52.8 Å². The van der Waals surface area contributed by atoms with Crippen LogP contribution in [-0.4, -0.2) is 33.9 Å². The number of aromatic nitrogens is 1.